The molecule has 1 saturated heterocycles. The minimum Gasteiger partial charge on any atom is -0.379 e. The Bertz CT molecular complexity index is 913. The van der Waals surface area contributed by atoms with Crippen LogP contribution in [0.3, 0.4) is 0 Å². The highest BCUT2D eigenvalue weighted by molar-refractivity contribution is 5.90. The molecule has 2 N–H and O–H groups in total. The first-order valence-corrected chi connectivity index (χ1v) is 11.8. The highest BCUT2D eigenvalue weighted by Crippen LogP contribution is 2.22. The van der Waals surface area contributed by atoms with Crippen molar-refractivity contribution < 1.29 is 14.3 Å². The lowest BCUT2D eigenvalue weighted by Crippen LogP contribution is -2.38. The molecule has 33 heavy (non-hydrogen) atoms. The van der Waals surface area contributed by atoms with Crippen LogP contribution in [0.4, 0.5) is 5.69 Å². The van der Waals surface area contributed by atoms with E-state index in [2.05, 4.69) is 60.6 Å². The third-order valence-corrected chi connectivity index (χ3v) is 5.92. The van der Waals surface area contributed by atoms with Crippen LogP contribution in [-0.4, -0.2) is 49.6 Å². The molecule has 3 rings (SSSR count). The van der Waals surface area contributed by atoms with Gasteiger partial charge < -0.3 is 15.4 Å². The minimum absolute atomic E-state index is 0.000145. The van der Waals surface area contributed by atoms with Gasteiger partial charge in [0.15, 0.2) is 0 Å². The van der Waals surface area contributed by atoms with E-state index >= 15 is 0 Å². The molecule has 0 aliphatic carbocycles. The summed E-state index contributed by atoms with van der Waals surface area (Å²) in [5.74, 6) is 0.0232. The minimum atomic E-state index is 0.000145. The van der Waals surface area contributed by atoms with E-state index in [4.69, 9.17) is 4.74 Å². The molecule has 2 aromatic carbocycles. The molecule has 1 aliphatic heterocycles. The molecule has 1 heterocycles. The van der Waals surface area contributed by atoms with E-state index in [-0.39, 0.29) is 17.2 Å². The third-order valence-electron chi connectivity index (χ3n) is 5.92. The summed E-state index contributed by atoms with van der Waals surface area (Å²) >= 11 is 0. The lowest BCUT2D eigenvalue weighted by atomic mass is 9.86. The van der Waals surface area contributed by atoms with Crippen LogP contribution >= 0.6 is 0 Å². The summed E-state index contributed by atoms with van der Waals surface area (Å²) in [6, 6.07) is 16.2. The fourth-order valence-electron chi connectivity index (χ4n) is 3.79. The topological polar surface area (TPSA) is 70.7 Å². The lowest BCUT2D eigenvalue weighted by Gasteiger charge is -2.26. The first-order chi connectivity index (χ1) is 15.8. The molecule has 2 amide bonds. The van der Waals surface area contributed by atoms with Crippen molar-refractivity contribution in [1.29, 1.82) is 0 Å². The van der Waals surface area contributed by atoms with Gasteiger partial charge in [-0.25, -0.2) is 0 Å². The first-order valence-electron chi connectivity index (χ1n) is 11.8. The smallest absolute Gasteiger partial charge is 0.225 e. The van der Waals surface area contributed by atoms with Crippen LogP contribution in [0.2, 0.25) is 0 Å². The van der Waals surface area contributed by atoms with E-state index in [0.29, 0.717) is 19.4 Å². The summed E-state index contributed by atoms with van der Waals surface area (Å²) in [7, 11) is 0. The van der Waals surface area contributed by atoms with Crippen molar-refractivity contribution in [2.75, 3.05) is 38.2 Å². The largest absolute Gasteiger partial charge is 0.379 e. The number of carbonyl (C=O) groups excluding carboxylic acids is 2. The van der Waals surface area contributed by atoms with Crippen molar-refractivity contribution in [3.05, 3.63) is 65.2 Å². The zero-order valence-corrected chi connectivity index (χ0v) is 20.2. The molecule has 6 nitrogen and oxygen atoms in total. The maximum absolute atomic E-state index is 12.3. The van der Waals surface area contributed by atoms with Crippen molar-refractivity contribution in [3.63, 3.8) is 0 Å². The second kappa shape index (κ2) is 12.0. The predicted octanol–water partition coefficient (Wildman–Crippen LogP) is 3.89. The highest BCUT2D eigenvalue weighted by Gasteiger charge is 2.14. The monoisotopic (exact) mass is 451 g/mol. The molecular weight excluding hydrogens is 414 g/mol. The van der Waals surface area contributed by atoms with Gasteiger partial charge in [0.1, 0.15) is 0 Å². The van der Waals surface area contributed by atoms with Gasteiger partial charge in [0, 0.05) is 44.7 Å². The molecule has 2 aromatic rings. The Hall–Kier alpha value is -2.70. The molecule has 0 radical (unpaired) electrons. The number of nitrogens with one attached hydrogen (secondary N) is 2. The van der Waals surface area contributed by atoms with E-state index in [0.717, 1.165) is 50.5 Å². The van der Waals surface area contributed by atoms with Crippen LogP contribution in [0.25, 0.3) is 0 Å². The normalized spacial score (nSPS) is 14.6. The van der Waals surface area contributed by atoms with Crippen LogP contribution in [0.1, 0.15) is 50.3 Å². The van der Waals surface area contributed by atoms with Gasteiger partial charge in [0.2, 0.25) is 11.8 Å². The number of rotatable bonds is 9. The molecule has 178 valence electrons. The summed E-state index contributed by atoms with van der Waals surface area (Å²) in [6.45, 7) is 11.0. The maximum atomic E-state index is 12.3. The zero-order valence-electron chi connectivity index (χ0n) is 20.2. The van der Waals surface area contributed by atoms with Gasteiger partial charge in [-0.2, -0.15) is 0 Å². The van der Waals surface area contributed by atoms with Crippen LogP contribution in [0.15, 0.2) is 48.5 Å². The van der Waals surface area contributed by atoms with Crippen LogP contribution in [-0.2, 0) is 32.7 Å². The van der Waals surface area contributed by atoms with Crippen molar-refractivity contribution in [3.8, 4) is 0 Å². The summed E-state index contributed by atoms with van der Waals surface area (Å²) < 4.78 is 5.34. The average Bonchev–Trinajstić information content (AvgIpc) is 2.81. The number of aryl methyl sites for hydroxylation is 1. The molecular formula is C27H37N3O3. The summed E-state index contributed by atoms with van der Waals surface area (Å²) in [6.07, 6.45) is 1.63. The quantitative estimate of drug-likeness (QED) is 0.607. The third kappa shape index (κ3) is 8.63. The standard InChI is InChI=1S/C27H37N3O3/c1-27(2,3)23-10-7-21(8-11-23)9-12-25(31)28-20-22-5-4-6-24(19-22)29-26(32)13-14-30-15-17-33-18-16-30/h4-8,10-11,19H,9,12-18,20H2,1-3H3,(H,28,31)(H,29,32). The molecule has 6 heteroatoms. The van der Waals surface area contributed by atoms with E-state index < -0.39 is 0 Å². The van der Waals surface area contributed by atoms with Crippen LogP contribution in [0.5, 0.6) is 0 Å². The summed E-state index contributed by atoms with van der Waals surface area (Å²) in [5, 5.41) is 5.95. The zero-order chi connectivity index (χ0) is 23.7. The second-order valence-corrected chi connectivity index (χ2v) is 9.68. The number of hydrogen-bond acceptors (Lipinski definition) is 4. The highest BCUT2D eigenvalue weighted by atomic mass is 16.5. The van der Waals surface area contributed by atoms with E-state index in [1.165, 1.54) is 11.1 Å². The van der Waals surface area contributed by atoms with Gasteiger partial charge in [-0.15, -0.1) is 0 Å². The molecule has 0 bridgehead atoms. The van der Waals surface area contributed by atoms with Gasteiger partial charge in [0.05, 0.1) is 13.2 Å². The van der Waals surface area contributed by atoms with Gasteiger partial charge in [-0.1, -0.05) is 57.2 Å². The van der Waals surface area contributed by atoms with E-state index in [1.54, 1.807) is 0 Å². The fourth-order valence-corrected chi connectivity index (χ4v) is 3.79. The molecule has 1 aliphatic rings. The van der Waals surface area contributed by atoms with Crippen LogP contribution < -0.4 is 10.6 Å². The Morgan fingerprint density at radius 2 is 1.67 bits per heavy atom. The maximum Gasteiger partial charge on any atom is 0.225 e. The molecule has 0 aromatic heterocycles. The average molecular weight is 452 g/mol. The predicted molar refractivity (Wildman–Crippen MR) is 132 cm³/mol. The number of ether oxygens (including phenoxy) is 1. The Labute approximate surface area is 197 Å². The number of hydrogen-bond donors (Lipinski definition) is 2. The SMILES string of the molecule is CC(C)(C)c1ccc(CCC(=O)NCc2cccc(NC(=O)CCN3CCOCC3)c2)cc1. The van der Waals surface area contributed by atoms with Crippen molar-refractivity contribution in [2.24, 2.45) is 0 Å². The fraction of sp³-hybridized carbons (Fsp3) is 0.481. The van der Waals surface area contributed by atoms with Crippen LogP contribution in [0, 0.1) is 0 Å². The van der Waals surface area contributed by atoms with E-state index in [9.17, 15) is 9.59 Å². The Morgan fingerprint density at radius 1 is 0.939 bits per heavy atom. The van der Waals surface area contributed by atoms with Gasteiger partial charge in [0.25, 0.3) is 0 Å². The van der Waals surface area contributed by atoms with Gasteiger partial charge in [-0.3, -0.25) is 14.5 Å². The van der Waals surface area contributed by atoms with Crippen molar-refractivity contribution in [2.45, 2.75) is 52.0 Å². The number of benzene rings is 2. The van der Waals surface area contributed by atoms with E-state index in [1.807, 2.05) is 24.3 Å². The molecule has 0 unspecified atom stereocenters. The van der Waals surface area contributed by atoms with Crippen molar-refractivity contribution >= 4 is 17.5 Å². The number of carbonyl (C=O) groups is 2. The number of anilines is 1. The lowest BCUT2D eigenvalue weighted by molar-refractivity contribution is -0.121. The summed E-state index contributed by atoms with van der Waals surface area (Å²) in [5.41, 5.74) is 4.31. The second-order valence-electron chi connectivity index (χ2n) is 9.68. The molecule has 0 saturated carbocycles. The number of amides is 2. The van der Waals surface area contributed by atoms with Gasteiger partial charge in [-0.05, 0) is 40.7 Å². The molecule has 0 atom stereocenters. The number of morpholine rings is 1. The molecule has 1 fully saturated rings. The first kappa shape index (κ1) is 24.9. The van der Waals surface area contributed by atoms with Crippen molar-refractivity contribution in [1.82, 2.24) is 10.2 Å². The Kier molecular flexibility index (Phi) is 9.03. The Balaban J connectivity index is 1.39. The Morgan fingerprint density at radius 3 is 2.36 bits per heavy atom. The van der Waals surface area contributed by atoms with Gasteiger partial charge >= 0.3 is 0 Å². The number of nitrogens with zero attached hydrogens (tertiary/aromatic N) is 1. The summed E-state index contributed by atoms with van der Waals surface area (Å²) in [4.78, 5) is 26.9. The molecule has 0 spiro atoms.